The van der Waals surface area contributed by atoms with Gasteiger partial charge in [-0.1, -0.05) is 36.0 Å². The molecule has 1 amide bonds. The standard InChI is InChI=1S/C19H26N4OS/c1-5-23-18(16-9-7-6-8-13(16)2)20-21-19(23)25-12-17(24)22(4)14(3)15-10-11-15/h6-9,14-15H,5,10-12H2,1-4H3. The number of rotatable bonds is 7. The number of aromatic nitrogens is 3. The van der Waals surface area contributed by atoms with E-state index in [2.05, 4.69) is 47.7 Å². The van der Waals surface area contributed by atoms with Gasteiger partial charge in [0.05, 0.1) is 5.75 Å². The highest BCUT2D eigenvalue weighted by Gasteiger charge is 2.32. The molecule has 1 atom stereocenters. The molecule has 0 spiro atoms. The van der Waals surface area contributed by atoms with Gasteiger partial charge in [-0.2, -0.15) is 0 Å². The quantitative estimate of drug-likeness (QED) is 0.709. The van der Waals surface area contributed by atoms with Crippen molar-refractivity contribution in [1.29, 1.82) is 0 Å². The summed E-state index contributed by atoms with van der Waals surface area (Å²) < 4.78 is 2.09. The molecule has 5 nitrogen and oxygen atoms in total. The van der Waals surface area contributed by atoms with E-state index in [1.54, 1.807) is 0 Å². The fourth-order valence-electron chi connectivity index (χ4n) is 3.05. The van der Waals surface area contributed by atoms with Crippen LogP contribution in [0.25, 0.3) is 11.4 Å². The van der Waals surface area contributed by atoms with Gasteiger partial charge in [0.2, 0.25) is 5.91 Å². The van der Waals surface area contributed by atoms with Crippen LogP contribution in [0, 0.1) is 12.8 Å². The molecule has 1 fully saturated rings. The van der Waals surface area contributed by atoms with Crippen LogP contribution in [0.2, 0.25) is 0 Å². The van der Waals surface area contributed by atoms with E-state index < -0.39 is 0 Å². The molecule has 0 saturated heterocycles. The molecule has 1 saturated carbocycles. The van der Waals surface area contributed by atoms with Crippen LogP contribution < -0.4 is 0 Å². The highest BCUT2D eigenvalue weighted by Crippen LogP contribution is 2.35. The fourth-order valence-corrected chi connectivity index (χ4v) is 3.98. The van der Waals surface area contributed by atoms with Crippen molar-refractivity contribution in [3.8, 4) is 11.4 Å². The van der Waals surface area contributed by atoms with E-state index in [0.717, 1.165) is 23.1 Å². The molecule has 3 rings (SSSR count). The van der Waals surface area contributed by atoms with Crippen LogP contribution in [0.3, 0.4) is 0 Å². The summed E-state index contributed by atoms with van der Waals surface area (Å²) in [4.78, 5) is 14.4. The van der Waals surface area contributed by atoms with E-state index in [-0.39, 0.29) is 5.91 Å². The zero-order chi connectivity index (χ0) is 18.0. The normalized spacial score (nSPS) is 15.2. The maximum Gasteiger partial charge on any atom is 0.233 e. The Kier molecular flexibility index (Phi) is 5.47. The van der Waals surface area contributed by atoms with Gasteiger partial charge in [0.25, 0.3) is 0 Å². The lowest BCUT2D eigenvalue weighted by Gasteiger charge is -2.24. The summed E-state index contributed by atoms with van der Waals surface area (Å²) in [6.07, 6.45) is 2.49. The first-order valence-electron chi connectivity index (χ1n) is 8.90. The molecule has 134 valence electrons. The third kappa shape index (κ3) is 3.89. The average molecular weight is 359 g/mol. The maximum absolute atomic E-state index is 12.5. The Hall–Kier alpha value is -1.82. The summed E-state index contributed by atoms with van der Waals surface area (Å²) in [5.41, 5.74) is 2.27. The largest absolute Gasteiger partial charge is 0.342 e. The lowest BCUT2D eigenvalue weighted by atomic mass is 10.1. The van der Waals surface area contributed by atoms with Gasteiger partial charge in [-0.05, 0) is 45.1 Å². The number of thioether (sulfide) groups is 1. The summed E-state index contributed by atoms with van der Waals surface area (Å²) >= 11 is 1.48. The van der Waals surface area contributed by atoms with Gasteiger partial charge in [0.1, 0.15) is 0 Å². The molecule has 0 radical (unpaired) electrons. The number of amides is 1. The van der Waals surface area contributed by atoms with Crippen molar-refractivity contribution in [3.63, 3.8) is 0 Å². The van der Waals surface area contributed by atoms with Crippen molar-refractivity contribution in [3.05, 3.63) is 29.8 Å². The maximum atomic E-state index is 12.5. The first-order chi connectivity index (χ1) is 12.0. The van der Waals surface area contributed by atoms with Gasteiger partial charge < -0.3 is 9.47 Å². The molecule has 25 heavy (non-hydrogen) atoms. The van der Waals surface area contributed by atoms with E-state index in [1.165, 1.54) is 30.2 Å². The van der Waals surface area contributed by atoms with Crippen LogP contribution in [0.1, 0.15) is 32.3 Å². The zero-order valence-electron chi connectivity index (χ0n) is 15.4. The van der Waals surface area contributed by atoms with Crippen LogP contribution in [0.15, 0.2) is 29.4 Å². The Bertz CT molecular complexity index is 754. The molecular weight excluding hydrogens is 332 g/mol. The van der Waals surface area contributed by atoms with E-state index in [9.17, 15) is 4.79 Å². The smallest absolute Gasteiger partial charge is 0.233 e. The zero-order valence-corrected chi connectivity index (χ0v) is 16.2. The molecule has 1 heterocycles. The Morgan fingerprint density at radius 1 is 1.36 bits per heavy atom. The molecule has 1 aromatic carbocycles. The Morgan fingerprint density at radius 2 is 2.08 bits per heavy atom. The molecule has 0 bridgehead atoms. The number of carbonyl (C=O) groups is 1. The third-order valence-corrected chi connectivity index (χ3v) is 6.00. The van der Waals surface area contributed by atoms with Crippen LogP contribution in [-0.2, 0) is 11.3 Å². The Morgan fingerprint density at radius 3 is 2.72 bits per heavy atom. The minimum absolute atomic E-state index is 0.160. The van der Waals surface area contributed by atoms with Gasteiger partial charge in [0, 0.05) is 25.2 Å². The lowest BCUT2D eigenvalue weighted by Crippen LogP contribution is -2.37. The van der Waals surface area contributed by atoms with E-state index in [0.29, 0.717) is 17.7 Å². The summed E-state index contributed by atoms with van der Waals surface area (Å²) in [7, 11) is 1.91. The molecule has 0 N–H and O–H groups in total. The Labute approximate surface area is 153 Å². The van der Waals surface area contributed by atoms with Crippen LogP contribution in [0.4, 0.5) is 0 Å². The van der Waals surface area contributed by atoms with E-state index >= 15 is 0 Å². The van der Waals surface area contributed by atoms with E-state index in [4.69, 9.17) is 0 Å². The molecule has 1 aliphatic carbocycles. The molecule has 2 aromatic rings. The van der Waals surface area contributed by atoms with E-state index in [1.807, 2.05) is 24.1 Å². The van der Waals surface area contributed by atoms with Crippen molar-refractivity contribution >= 4 is 17.7 Å². The van der Waals surface area contributed by atoms with Gasteiger partial charge in [-0.15, -0.1) is 10.2 Å². The number of aryl methyl sites for hydroxylation is 1. The molecule has 1 unspecified atom stereocenters. The first-order valence-corrected chi connectivity index (χ1v) is 9.89. The fraction of sp³-hybridized carbons (Fsp3) is 0.526. The van der Waals surface area contributed by atoms with Crippen molar-refractivity contribution in [2.45, 2.75) is 51.4 Å². The summed E-state index contributed by atoms with van der Waals surface area (Å²) in [5.74, 6) is 2.12. The van der Waals surface area contributed by atoms with Gasteiger partial charge in [0.15, 0.2) is 11.0 Å². The van der Waals surface area contributed by atoms with Crippen LogP contribution in [0.5, 0.6) is 0 Å². The predicted octanol–water partition coefficient (Wildman–Crippen LogP) is 3.62. The number of benzene rings is 1. The van der Waals surface area contributed by atoms with Crippen molar-refractivity contribution in [2.75, 3.05) is 12.8 Å². The Balaban J connectivity index is 1.71. The second-order valence-corrected chi connectivity index (χ2v) is 7.68. The molecule has 0 aliphatic heterocycles. The second-order valence-electron chi connectivity index (χ2n) is 6.74. The van der Waals surface area contributed by atoms with Crippen LogP contribution >= 0.6 is 11.8 Å². The first kappa shape index (κ1) is 18.0. The minimum Gasteiger partial charge on any atom is -0.342 e. The van der Waals surface area contributed by atoms with Gasteiger partial charge in [-0.25, -0.2) is 0 Å². The SMILES string of the molecule is CCn1c(SCC(=O)N(C)C(C)C2CC2)nnc1-c1ccccc1C. The predicted molar refractivity (Wildman–Crippen MR) is 102 cm³/mol. The van der Waals surface area contributed by atoms with Gasteiger partial charge >= 0.3 is 0 Å². The van der Waals surface area contributed by atoms with Crippen molar-refractivity contribution in [2.24, 2.45) is 5.92 Å². The summed E-state index contributed by atoms with van der Waals surface area (Å²) in [5, 5.41) is 9.52. The molecule has 6 heteroatoms. The number of carbonyl (C=O) groups excluding carboxylic acids is 1. The molecular formula is C19H26N4OS. The average Bonchev–Trinajstić information content (AvgIpc) is 3.39. The summed E-state index contributed by atoms with van der Waals surface area (Å²) in [6.45, 7) is 7.08. The van der Waals surface area contributed by atoms with Crippen LogP contribution in [-0.4, -0.2) is 44.4 Å². The minimum atomic E-state index is 0.160. The van der Waals surface area contributed by atoms with Crippen molar-refractivity contribution < 1.29 is 4.79 Å². The highest BCUT2D eigenvalue weighted by atomic mass is 32.2. The number of hydrogen-bond acceptors (Lipinski definition) is 4. The van der Waals surface area contributed by atoms with Gasteiger partial charge in [-0.3, -0.25) is 4.79 Å². The number of nitrogens with zero attached hydrogens (tertiary/aromatic N) is 4. The monoisotopic (exact) mass is 358 g/mol. The molecule has 1 aliphatic rings. The topological polar surface area (TPSA) is 51.0 Å². The highest BCUT2D eigenvalue weighted by molar-refractivity contribution is 7.99. The molecule has 1 aromatic heterocycles. The van der Waals surface area contributed by atoms with Crippen molar-refractivity contribution in [1.82, 2.24) is 19.7 Å². The summed E-state index contributed by atoms with van der Waals surface area (Å²) in [6, 6.07) is 8.52. The third-order valence-electron chi connectivity index (χ3n) is 5.05. The number of hydrogen-bond donors (Lipinski definition) is 0. The second kappa shape index (κ2) is 7.60. The lowest BCUT2D eigenvalue weighted by molar-refractivity contribution is -0.129.